The van der Waals surface area contributed by atoms with Crippen molar-refractivity contribution < 1.29 is 0 Å². The molecule has 0 aliphatic heterocycles. The van der Waals surface area contributed by atoms with Gasteiger partial charge < -0.3 is 15.2 Å². The summed E-state index contributed by atoms with van der Waals surface area (Å²) >= 11 is 0. The molecule has 0 fully saturated rings. The highest BCUT2D eigenvalue weighted by molar-refractivity contribution is 5.79. The van der Waals surface area contributed by atoms with Crippen molar-refractivity contribution in [1.82, 2.24) is 20.2 Å². The molecular weight excluding hydrogens is 250 g/mol. The van der Waals surface area contributed by atoms with Gasteiger partial charge in [0.15, 0.2) is 5.96 Å². The molecule has 0 saturated carbocycles. The first-order chi connectivity index (χ1) is 9.83. The molecule has 2 aromatic rings. The summed E-state index contributed by atoms with van der Waals surface area (Å²) in [6, 6.07) is 10.4. The van der Waals surface area contributed by atoms with Crippen LogP contribution in [0.15, 0.2) is 47.7 Å². The molecule has 0 aliphatic carbocycles. The predicted octanol–water partition coefficient (Wildman–Crippen LogP) is 1.27. The van der Waals surface area contributed by atoms with Crippen molar-refractivity contribution in [2.24, 2.45) is 4.99 Å². The van der Waals surface area contributed by atoms with Crippen molar-refractivity contribution in [2.45, 2.75) is 13.0 Å². The third kappa shape index (κ3) is 3.85. The molecule has 5 heteroatoms. The maximum Gasteiger partial charge on any atom is 0.190 e. The van der Waals surface area contributed by atoms with Gasteiger partial charge in [-0.1, -0.05) is 30.3 Å². The highest BCUT2D eigenvalue weighted by Crippen LogP contribution is 2.05. The Morgan fingerprint density at radius 3 is 2.80 bits per heavy atom. The highest BCUT2D eigenvalue weighted by Gasteiger charge is 2.03. The number of hydrogen-bond acceptors (Lipinski definition) is 2. The summed E-state index contributed by atoms with van der Waals surface area (Å²) in [4.78, 5) is 8.51. The van der Waals surface area contributed by atoms with Gasteiger partial charge in [-0.3, -0.25) is 4.99 Å². The van der Waals surface area contributed by atoms with Gasteiger partial charge in [0.05, 0.1) is 0 Å². The SMILES string of the molecule is CN=C(NC)NCCc1nccn1Cc1ccccc1. The van der Waals surface area contributed by atoms with Gasteiger partial charge in [0.2, 0.25) is 0 Å². The van der Waals surface area contributed by atoms with E-state index >= 15 is 0 Å². The van der Waals surface area contributed by atoms with Crippen LogP contribution >= 0.6 is 0 Å². The number of aromatic nitrogens is 2. The summed E-state index contributed by atoms with van der Waals surface area (Å²) in [6.07, 6.45) is 4.74. The molecule has 0 aliphatic rings. The average molecular weight is 271 g/mol. The lowest BCUT2D eigenvalue weighted by molar-refractivity contribution is 0.698. The van der Waals surface area contributed by atoms with E-state index in [-0.39, 0.29) is 0 Å². The summed E-state index contributed by atoms with van der Waals surface area (Å²) < 4.78 is 2.18. The van der Waals surface area contributed by atoms with Gasteiger partial charge in [-0.2, -0.15) is 0 Å². The van der Waals surface area contributed by atoms with E-state index in [1.54, 1.807) is 7.05 Å². The van der Waals surface area contributed by atoms with E-state index in [0.717, 1.165) is 31.3 Å². The largest absolute Gasteiger partial charge is 0.359 e. The Morgan fingerprint density at radius 1 is 1.30 bits per heavy atom. The van der Waals surface area contributed by atoms with Crippen LogP contribution in [0.2, 0.25) is 0 Å². The molecule has 1 heterocycles. The number of guanidine groups is 1. The van der Waals surface area contributed by atoms with Crippen molar-refractivity contribution in [3.8, 4) is 0 Å². The fraction of sp³-hybridized carbons (Fsp3) is 0.333. The molecule has 20 heavy (non-hydrogen) atoms. The Bertz CT molecular complexity index is 544. The van der Waals surface area contributed by atoms with Gasteiger partial charge in [0, 0.05) is 46.0 Å². The first-order valence-electron chi connectivity index (χ1n) is 6.76. The van der Waals surface area contributed by atoms with Crippen LogP contribution in [-0.2, 0) is 13.0 Å². The van der Waals surface area contributed by atoms with E-state index in [1.165, 1.54) is 5.56 Å². The van der Waals surface area contributed by atoms with Gasteiger partial charge in [-0.05, 0) is 5.56 Å². The van der Waals surface area contributed by atoms with Crippen molar-refractivity contribution in [1.29, 1.82) is 0 Å². The number of imidazole rings is 1. The second-order valence-corrected chi connectivity index (χ2v) is 4.46. The van der Waals surface area contributed by atoms with Crippen molar-refractivity contribution in [3.63, 3.8) is 0 Å². The molecule has 0 unspecified atom stereocenters. The molecule has 5 nitrogen and oxygen atoms in total. The summed E-state index contributed by atoms with van der Waals surface area (Å²) in [5.74, 6) is 1.87. The minimum Gasteiger partial charge on any atom is -0.359 e. The lowest BCUT2D eigenvalue weighted by Gasteiger charge is -2.10. The molecule has 0 atom stereocenters. The second-order valence-electron chi connectivity index (χ2n) is 4.46. The lowest BCUT2D eigenvalue weighted by atomic mass is 10.2. The fourth-order valence-electron chi connectivity index (χ4n) is 2.06. The summed E-state index contributed by atoms with van der Waals surface area (Å²) in [5, 5.41) is 6.23. The fourth-order valence-corrected chi connectivity index (χ4v) is 2.06. The third-order valence-corrected chi connectivity index (χ3v) is 3.10. The van der Waals surface area contributed by atoms with Gasteiger partial charge in [-0.15, -0.1) is 0 Å². The zero-order valence-electron chi connectivity index (χ0n) is 12.0. The maximum absolute atomic E-state index is 4.42. The molecular formula is C15H21N5. The van der Waals surface area contributed by atoms with Crippen LogP contribution < -0.4 is 10.6 Å². The summed E-state index contributed by atoms with van der Waals surface area (Å²) in [5.41, 5.74) is 1.28. The maximum atomic E-state index is 4.42. The number of nitrogens with one attached hydrogen (secondary N) is 2. The van der Waals surface area contributed by atoms with E-state index in [0.29, 0.717) is 0 Å². The monoisotopic (exact) mass is 271 g/mol. The normalized spacial score (nSPS) is 11.4. The molecule has 0 bridgehead atoms. The Labute approximate surface area is 119 Å². The Hall–Kier alpha value is -2.30. The van der Waals surface area contributed by atoms with E-state index in [4.69, 9.17) is 0 Å². The number of benzene rings is 1. The second kappa shape index (κ2) is 7.33. The Kier molecular flexibility index (Phi) is 5.17. The van der Waals surface area contributed by atoms with Crippen molar-refractivity contribution in [2.75, 3.05) is 20.6 Å². The van der Waals surface area contributed by atoms with Crippen LogP contribution in [0.4, 0.5) is 0 Å². The standard InChI is InChI=1S/C15H21N5/c1-16-15(17-2)19-9-8-14-18-10-11-20(14)12-13-6-4-3-5-7-13/h3-7,10-11H,8-9,12H2,1-2H3,(H2,16,17,19). The molecule has 106 valence electrons. The van der Waals surface area contributed by atoms with Crippen LogP contribution in [0.3, 0.4) is 0 Å². The Morgan fingerprint density at radius 2 is 2.10 bits per heavy atom. The third-order valence-electron chi connectivity index (χ3n) is 3.10. The van der Waals surface area contributed by atoms with E-state index < -0.39 is 0 Å². The van der Waals surface area contributed by atoms with Crippen LogP contribution in [-0.4, -0.2) is 36.2 Å². The van der Waals surface area contributed by atoms with Gasteiger partial charge >= 0.3 is 0 Å². The van der Waals surface area contributed by atoms with Crippen LogP contribution in [0.1, 0.15) is 11.4 Å². The van der Waals surface area contributed by atoms with Gasteiger partial charge in [-0.25, -0.2) is 4.98 Å². The molecule has 0 radical (unpaired) electrons. The number of hydrogen-bond donors (Lipinski definition) is 2. The zero-order chi connectivity index (χ0) is 14.2. The summed E-state index contributed by atoms with van der Waals surface area (Å²) in [7, 11) is 3.61. The van der Waals surface area contributed by atoms with Gasteiger partial charge in [0.1, 0.15) is 5.82 Å². The zero-order valence-corrected chi connectivity index (χ0v) is 12.0. The Balaban J connectivity index is 1.92. The minimum absolute atomic E-state index is 0.797. The van der Waals surface area contributed by atoms with Crippen LogP contribution in [0.25, 0.3) is 0 Å². The highest BCUT2D eigenvalue weighted by atomic mass is 15.2. The first-order valence-corrected chi connectivity index (χ1v) is 6.76. The molecule has 1 aromatic carbocycles. The van der Waals surface area contributed by atoms with Crippen molar-refractivity contribution in [3.05, 3.63) is 54.1 Å². The molecule has 0 amide bonds. The van der Waals surface area contributed by atoms with E-state index in [2.05, 4.69) is 49.4 Å². The molecule has 2 rings (SSSR count). The number of rotatable bonds is 5. The smallest absolute Gasteiger partial charge is 0.190 e. The first kappa shape index (κ1) is 14.1. The molecule has 1 aromatic heterocycles. The number of aliphatic imine (C=N–C) groups is 1. The minimum atomic E-state index is 0.797. The van der Waals surface area contributed by atoms with Gasteiger partial charge in [0.25, 0.3) is 0 Å². The number of nitrogens with zero attached hydrogens (tertiary/aromatic N) is 3. The average Bonchev–Trinajstić information content (AvgIpc) is 2.92. The lowest BCUT2D eigenvalue weighted by Crippen LogP contribution is -2.36. The topological polar surface area (TPSA) is 54.2 Å². The summed E-state index contributed by atoms with van der Waals surface area (Å²) in [6.45, 7) is 1.66. The molecule has 0 spiro atoms. The van der Waals surface area contributed by atoms with Crippen LogP contribution in [0.5, 0.6) is 0 Å². The predicted molar refractivity (Wildman–Crippen MR) is 81.9 cm³/mol. The van der Waals surface area contributed by atoms with E-state index in [9.17, 15) is 0 Å². The molecule has 2 N–H and O–H groups in total. The van der Waals surface area contributed by atoms with Crippen LogP contribution in [0, 0.1) is 0 Å². The quantitative estimate of drug-likeness (QED) is 0.636. The van der Waals surface area contributed by atoms with Crippen molar-refractivity contribution >= 4 is 5.96 Å². The van der Waals surface area contributed by atoms with E-state index in [1.807, 2.05) is 25.5 Å². The molecule has 0 saturated heterocycles.